The van der Waals surface area contributed by atoms with Crippen molar-refractivity contribution in [2.45, 2.75) is 58.4 Å². The molecule has 0 spiro atoms. The molecule has 0 aromatic carbocycles. The Morgan fingerprint density at radius 1 is 1.13 bits per heavy atom. The molecule has 1 saturated carbocycles. The summed E-state index contributed by atoms with van der Waals surface area (Å²) in [5, 5.41) is 4.42. The molecule has 1 aliphatic carbocycles. The number of hydrogen-bond acceptors (Lipinski definition) is 4. The predicted octanol–water partition coefficient (Wildman–Crippen LogP) is 2.54. The van der Waals surface area contributed by atoms with Crippen LogP contribution >= 0.6 is 0 Å². The molecule has 6 nitrogen and oxygen atoms in total. The highest BCUT2D eigenvalue weighted by Crippen LogP contribution is 2.35. The summed E-state index contributed by atoms with van der Waals surface area (Å²) in [6.07, 6.45) is 7.26. The minimum atomic E-state index is -0.0239. The first-order valence-corrected chi connectivity index (χ1v) is 8.65. The van der Waals surface area contributed by atoms with Crippen molar-refractivity contribution in [3.63, 3.8) is 0 Å². The first-order valence-electron chi connectivity index (χ1n) is 8.65. The van der Waals surface area contributed by atoms with Crippen molar-refractivity contribution in [3.05, 3.63) is 23.3 Å². The second-order valence-electron chi connectivity index (χ2n) is 6.94. The van der Waals surface area contributed by atoms with E-state index >= 15 is 0 Å². The van der Waals surface area contributed by atoms with Crippen molar-refractivity contribution >= 4 is 11.7 Å². The number of likely N-dealkylation sites (tertiary alicyclic amines) is 1. The molecule has 1 aliphatic heterocycles. The van der Waals surface area contributed by atoms with Crippen LogP contribution < -0.4 is 0 Å². The van der Waals surface area contributed by atoms with Crippen molar-refractivity contribution in [3.8, 4) is 0 Å². The average Bonchev–Trinajstić information content (AvgIpc) is 2.98. The van der Waals surface area contributed by atoms with Crippen molar-refractivity contribution in [2.75, 3.05) is 6.54 Å². The van der Waals surface area contributed by atoms with Gasteiger partial charge in [-0.05, 0) is 51.5 Å². The number of fused-ring (bicyclic) bond motifs is 2. The zero-order chi connectivity index (χ0) is 16.0. The van der Waals surface area contributed by atoms with Crippen LogP contribution in [0.3, 0.4) is 0 Å². The van der Waals surface area contributed by atoms with Gasteiger partial charge in [-0.1, -0.05) is 12.8 Å². The minimum absolute atomic E-state index is 0.0239. The van der Waals surface area contributed by atoms with E-state index in [4.69, 9.17) is 0 Å². The van der Waals surface area contributed by atoms with Crippen LogP contribution in [0.5, 0.6) is 0 Å². The molecule has 1 saturated heterocycles. The first-order chi connectivity index (χ1) is 11.1. The van der Waals surface area contributed by atoms with Gasteiger partial charge in [0, 0.05) is 24.0 Å². The van der Waals surface area contributed by atoms with Crippen LogP contribution in [-0.2, 0) is 0 Å². The number of aromatic nitrogens is 4. The molecule has 2 aromatic rings. The third-order valence-corrected chi connectivity index (χ3v) is 5.31. The summed E-state index contributed by atoms with van der Waals surface area (Å²) in [6, 6.07) is 2.33. The summed E-state index contributed by atoms with van der Waals surface area (Å²) in [5.41, 5.74) is 1.85. The second-order valence-corrected chi connectivity index (χ2v) is 6.94. The lowest BCUT2D eigenvalue weighted by Crippen LogP contribution is -2.49. The molecule has 122 valence electrons. The van der Waals surface area contributed by atoms with Gasteiger partial charge in [0.2, 0.25) is 5.82 Å². The third-order valence-electron chi connectivity index (χ3n) is 5.31. The maximum Gasteiger partial charge on any atom is 0.293 e. The van der Waals surface area contributed by atoms with E-state index in [0.29, 0.717) is 17.7 Å². The summed E-state index contributed by atoms with van der Waals surface area (Å²) < 4.78 is 1.67. The fourth-order valence-corrected chi connectivity index (χ4v) is 4.26. The van der Waals surface area contributed by atoms with E-state index in [1.54, 1.807) is 4.52 Å². The molecule has 0 N–H and O–H groups in total. The Balaban J connectivity index is 1.67. The van der Waals surface area contributed by atoms with Gasteiger partial charge in [-0.15, -0.1) is 5.10 Å². The molecule has 2 fully saturated rings. The highest BCUT2D eigenvalue weighted by atomic mass is 16.2. The molecule has 0 bridgehead atoms. The Kier molecular flexibility index (Phi) is 3.54. The Hall–Kier alpha value is -1.98. The van der Waals surface area contributed by atoms with Gasteiger partial charge in [-0.2, -0.15) is 4.98 Å². The van der Waals surface area contributed by atoms with E-state index in [1.807, 2.05) is 24.8 Å². The van der Waals surface area contributed by atoms with Gasteiger partial charge < -0.3 is 4.90 Å². The zero-order valence-electron chi connectivity index (χ0n) is 13.8. The summed E-state index contributed by atoms with van der Waals surface area (Å²) >= 11 is 0. The van der Waals surface area contributed by atoms with Crippen LogP contribution in [0.15, 0.2) is 6.07 Å². The third kappa shape index (κ3) is 2.50. The molecular weight excluding hydrogens is 290 g/mol. The summed E-state index contributed by atoms with van der Waals surface area (Å²) in [5.74, 6) is 1.45. The smallest absolute Gasteiger partial charge is 0.293 e. The van der Waals surface area contributed by atoms with Gasteiger partial charge in [0.25, 0.3) is 11.7 Å². The monoisotopic (exact) mass is 313 g/mol. The maximum absolute atomic E-state index is 13.0. The number of rotatable bonds is 1. The first kappa shape index (κ1) is 14.6. The SMILES string of the molecule is Cc1cc(C)n2nc(C(=O)N3CCCC4CCCCC43)nc2n1. The van der Waals surface area contributed by atoms with Gasteiger partial charge in [0.1, 0.15) is 0 Å². The van der Waals surface area contributed by atoms with Crippen LogP contribution in [0.1, 0.15) is 60.5 Å². The van der Waals surface area contributed by atoms with Crippen LogP contribution in [0.25, 0.3) is 5.78 Å². The number of carbonyl (C=O) groups is 1. The number of aryl methyl sites for hydroxylation is 2. The lowest BCUT2D eigenvalue weighted by Gasteiger charge is -2.43. The van der Waals surface area contributed by atoms with Crippen molar-refractivity contribution in [1.29, 1.82) is 0 Å². The lowest BCUT2D eigenvalue weighted by molar-refractivity contribution is 0.0379. The van der Waals surface area contributed by atoms with Crippen LogP contribution in [0, 0.1) is 19.8 Å². The van der Waals surface area contributed by atoms with Crippen molar-refractivity contribution in [2.24, 2.45) is 5.92 Å². The molecule has 2 aliphatic rings. The van der Waals surface area contributed by atoms with E-state index in [0.717, 1.165) is 30.8 Å². The van der Waals surface area contributed by atoms with E-state index in [9.17, 15) is 4.79 Å². The highest BCUT2D eigenvalue weighted by molar-refractivity contribution is 5.91. The molecule has 23 heavy (non-hydrogen) atoms. The average molecular weight is 313 g/mol. The lowest BCUT2D eigenvalue weighted by atomic mass is 9.78. The Labute approximate surface area is 135 Å². The molecule has 4 rings (SSSR count). The summed E-state index contributed by atoms with van der Waals surface area (Å²) in [4.78, 5) is 23.8. The van der Waals surface area contributed by atoms with Crippen LogP contribution in [-0.4, -0.2) is 43.0 Å². The summed E-state index contributed by atoms with van der Waals surface area (Å²) in [6.45, 7) is 4.73. The van der Waals surface area contributed by atoms with Gasteiger partial charge in [-0.3, -0.25) is 4.79 Å². The van der Waals surface area contributed by atoms with E-state index in [2.05, 4.69) is 15.1 Å². The topological polar surface area (TPSA) is 63.4 Å². The van der Waals surface area contributed by atoms with Crippen molar-refractivity contribution in [1.82, 2.24) is 24.5 Å². The van der Waals surface area contributed by atoms with E-state index < -0.39 is 0 Å². The van der Waals surface area contributed by atoms with Gasteiger partial charge >= 0.3 is 0 Å². The number of hydrogen-bond donors (Lipinski definition) is 0. The predicted molar refractivity (Wildman–Crippen MR) is 86.3 cm³/mol. The Morgan fingerprint density at radius 3 is 2.78 bits per heavy atom. The van der Waals surface area contributed by atoms with Gasteiger partial charge in [0.15, 0.2) is 0 Å². The number of carbonyl (C=O) groups excluding carboxylic acids is 1. The highest BCUT2D eigenvalue weighted by Gasteiger charge is 2.37. The maximum atomic E-state index is 13.0. The largest absolute Gasteiger partial charge is 0.333 e. The van der Waals surface area contributed by atoms with Gasteiger partial charge in [0.05, 0.1) is 0 Å². The van der Waals surface area contributed by atoms with E-state index in [1.165, 1.54) is 25.7 Å². The van der Waals surface area contributed by atoms with Crippen LogP contribution in [0.2, 0.25) is 0 Å². The molecule has 0 radical (unpaired) electrons. The van der Waals surface area contributed by atoms with Gasteiger partial charge in [-0.25, -0.2) is 9.50 Å². The Bertz CT molecular complexity index is 751. The molecular formula is C17H23N5O. The Morgan fingerprint density at radius 2 is 1.91 bits per heavy atom. The molecule has 2 atom stereocenters. The molecule has 1 amide bonds. The van der Waals surface area contributed by atoms with E-state index in [-0.39, 0.29) is 11.7 Å². The summed E-state index contributed by atoms with van der Waals surface area (Å²) in [7, 11) is 0. The number of piperidine rings is 1. The molecule has 2 aromatic heterocycles. The molecule has 3 heterocycles. The number of nitrogens with zero attached hydrogens (tertiary/aromatic N) is 5. The minimum Gasteiger partial charge on any atom is -0.333 e. The number of amides is 1. The fraction of sp³-hybridized carbons (Fsp3) is 0.647. The fourth-order valence-electron chi connectivity index (χ4n) is 4.26. The standard InChI is InChI=1S/C17H23N5O/c1-11-10-12(2)22-17(18-11)19-15(20-22)16(23)21-9-5-7-13-6-3-4-8-14(13)21/h10,13-14H,3-9H2,1-2H3. The quantitative estimate of drug-likeness (QED) is 0.811. The van der Waals surface area contributed by atoms with Crippen LogP contribution in [0.4, 0.5) is 0 Å². The van der Waals surface area contributed by atoms with Crippen molar-refractivity contribution < 1.29 is 4.79 Å². The molecule has 2 unspecified atom stereocenters. The molecule has 6 heteroatoms. The normalized spacial score (nSPS) is 24.7. The zero-order valence-corrected chi connectivity index (χ0v) is 13.8. The second kappa shape index (κ2) is 5.58.